The van der Waals surface area contributed by atoms with Crippen molar-refractivity contribution < 1.29 is 19.1 Å². The van der Waals surface area contributed by atoms with Crippen molar-refractivity contribution in [3.8, 4) is 5.75 Å². The molecule has 0 radical (unpaired) electrons. The summed E-state index contributed by atoms with van der Waals surface area (Å²) < 4.78 is 5.59. The lowest BCUT2D eigenvalue weighted by molar-refractivity contribution is -0.139. The highest BCUT2D eigenvalue weighted by molar-refractivity contribution is 6.01. The fraction of sp³-hybridized carbons (Fsp3) is 0.250. The first-order chi connectivity index (χ1) is 12.5. The Hall–Kier alpha value is -3.15. The zero-order valence-electron chi connectivity index (χ0n) is 14.5. The molecule has 0 bridgehead atoms. The zero-order chi connectivity index (χ0) is 18.5. The summed E-state index contributed by atoms with van der Waals surface area (Å²) in [5.41, 5.74) is 1.46. The summed E-state index contributed by atoms with van der Waals surface area (Å²) in [6.07, 6.45) is -0.0737. The van der Waals surface area contributed by atoms with Crippen LogP contribution in [0.5, 0.6) is 5.75 Å². The van der Waals surface area contributed by atoms with Gasteiger partial charge in [-0.3, -0.25) is 19.3 Å². The lowest BCUT2D eigenvalue weighted by atomic mass is 10.2. The number of hydrogen-bond donors (Lipinski definition) is 1. The smallest absolute Gasteiger partial charge is 0.265 e. The topological polar surface area (TPSA) is 75.7 Å². The Labute approximate surface area is 151 Å². The Balaban J connectivity index is 1.56. The first-order valence-corrected chi connectivity index (χ1v) is 8.47. The number of nitrogens with zero attached hydrogens (tertiary/aromatic N) is 1. The summed E-state index contributed by atoms with van der Waals surface area (Å²) in [7, 11) is 0. The minimum absolute atomic E-state index is 0.140. The van der Waals surface area contributed by atoms with E-state index < -0.39 is 6.10 Å². The molecule has 1 saturated heterocycles. The second kappa shape index (κ2) is 7.82. The van der Waals surface area contributed by atoms with Crippen LogP contribution in [0.2, 0.25) is 0 Å². The summed E-state index contributed by atoms with van der Waals surface area (Å²) in [5, 5.41) is 2.79. The highest BCUT2D eigenvalue weighted by Crippen LogP contribution is 2.18. The largest absolute Gasteiger partial charge is 0.481 e. The van der Waals surface area contributed by atoms with Gasteiger partial charge in [-0.15, -0.1) is 0 Å². The van der Waals surface area contributed by atoms with Crippen LogP contribution in [0.1, 0.15) is 25.3 Å². The van der Waals surface area contributed by atoms with Crippen LogP contribution in [-0.4, -0.2) is 28.7 Å². The number of amides is 3. The van der Waals surface area contributed by atoms with E-state index >= 15 is 0 Å². The number of nitrogens with one attached hydrogen (secondary N) is 1. The first-order valence-electron chi connectivity index (χ1n) is 8.47. The molecule has 1 aliphatic heterocycles. The predicted molar refractivity (Wildman–Crippen MR) is 96.4 cm³/mol. The van der Waals surface area contributed by atoms with Gasteiger partial charge < -0.3 is 10.1 Å². The molecule has 2 aromatic carbocycles. The molecular weight excluding hydrogens is 332 g/mol. The van der Waals surface area contributed by atoms with Gasteiger partial charge in [-0.2, -0.15) is 0 Å². The van der Waals surface area contributed by atoms with Gasteiger partial charge in [-0.05, 0) is 36.8 Å². The summed E-state index contributed by atoms with van der Waals surface area (Å²) >= 11 is 0. The van der Waals surface area contributed by atoms with Crippen LogP contribution in [0.15, 0.2) is 54.6 Å². The molecule has 6 nitrogen and oxygen atoms in total. The number of carbonyl (C=O) groups is 3. The van der Waals surface area contributed by atoms with Crippen LogP contribution >= 0.6 is 0 Å². The number of imide groups is 1. The van der Waals surface area contributed by atoms with E-state index in [1.54, 1.807) is 43.3 Å². The molecule has 2 aromatic rings. The normalized spacial score (nSPS) is 15.0. The van der Waals surface area contributed by atoms with Gasteiger partial charge in [0.25, 0.3) is 5.91 Å². The van der Waals surface area contributed by atoms with Gasteiger partial charge in [0.2, 0.25) is 11.8 Å². The summed E-state index contributed by atoms with van der Waals surface area (Å²) in [6.45, 7) is 1.95. The molecule has 0 saturated carbocycles. The maximum Gasteiger partial charge on any atom is 0.265 e. The van der Waals surface area contributed by atoms with Crippen LogP contribution in [0.25, 0.3) is 0 Å². The molecule has 3 rings (SSSR count). The number of hydrogen-bond acceptors (Lipinski definition) is 4. The average molecular weight is 352 g/mol. The third-order valence-corrected chi connectivity index (χ3v) is 4.14. The van der Waals surface area contributed by atoms with Crippen LogP contribution in [0, 0.1) is 0 Å². The van der Waals surface area contributed by atoms with E-state index in [4.69, 9.17) is 4.74 Å². The minimum atomic E-state index is -0.642. The van der Waals surface area contributed by atoms with Crippen molar-refractivity contribution in [2.45, 2.75) is 32.4 Å². The van der Waals surface area contributed by atoms with Crippen LogP contribution < -0.4 is 10.1 Å². The molecule has 1 atom stereocenters. The van der Waals surface area contributed by atoms with Gasteiger partial charge in [0.1, 0.15) is 5.75 Å². The van der Waals surface area contributed by atoms with Gasteiger partial charge in [-0.25, -0.2) is 0 Å². The second-order valence-corrected chi connectivity index (χ2v) is 6.13. The van der Waals surface area contributed by atoms with Crippen molar-refractivity contribution in [1.29, 1.82) is 0 Å². The van der Waals surface area contributed by atoms with Crippen molar-refractivity contribution in [3.05, 3.63) is 60.2 Å². The van der Waals surface area contributed by atoms with Gasteiger partial charge in [0, 0.05) is 18.5 Å². The third-order valence-electron chi connectivity index (χ3n) is 4.14. The second-order valence-electron chi connectivity index (χ2n) is 6.13. The SMILES string of the molecule is CC(Oc1ccccc1)C(=O)Nc1ccc(CN2C(=O)CCC2=O)cc1. The molecule has 0 aromatic heterocycles. The lowest BCUT2D eigenvalue weighted by Gasteiger charge is -2.16. The molecule has 0 aliphatic carbocycles. The van der Waals surface area contributed by atoms with Gasteiger partial charge >= 0.3 is 0 Å². The lowest BCUT2D eigenvalue weighted by Crippen LogP contribution is -2.30. The van der Waals surface area contributed by atoms with E-state index in [1.165, 1.54) is 4.90 Å². The van der Waals surface area contributed by atoms with E-state index in [-0.39, 0.29) is 37.1 Å². The van der Waals surface area contributed by atoms with Gasteiger partial charge in [-0.1, -0.05) is 30.3 Å². The molecule has 1 fully saturated rings. The predicted octanol–water partition coefficient (Wildman–Crippen LogP) is 2.74. The Morgan fingerprint density at radius 1 is 1.04 bits per heavy atom. The monoisotopic (exact) mass is 352 g/mol. The molecular formula is C20H20N2O4. The Bertz CT molecular complexity index is 786. The first kappa shape index (κ1) is 17.7. The number of ether oxygens (including phenoxy) is 1. The van der Waals surface area contributed by atoms with E-state index in [0.717, 1.165) is 5.56 Å². The maximum atomic E-state index is 12.2. The Morgan fingerprint density at radius 3 is 2.27 bits per heavy atom. The number of benzene rings is 2. The molecule has 1 aliphatic rings. The van der Waals surface area contributed by atoms with Crippen LogP contribution in [0.3, 0.4) is 0 Å². The summed E-state index contributed by atoms with van der Waals surface area (Å²) in [4.78, 5) is 36.8. The summed E-state index contributed by atoms with van der Waals surface area (Å²) in [6, 6.07) is 16.2. The van der Waals surface area contributed by atoms with Crippen molar-refractivity contribution in [2.75, 3.05) is 5.32 Å². The quantitative estimate of drug-likeness (QED) is 0.811. The molecule has 134 valence electrons. The molecule has 26 heavy (non-hydrogen) atoms. The maximum absolute atomic E-state index is 12.2. The van der Waals surface area contributed by atoms with Crippen molar-refractivity contribution in [3.63, 3.8) is 0 Å². The van der Waals surface area contributed by atoms with E-state index in [9.17, 15) is 14.4 Å². The standard InChI is InChI=1S/C20H20N2O4/c1-14(26-17-5-3-2-4-6-17)20(25)21-16-9-7-15(8-10-16)13-22-18(23)11-12-19(22)24/h2-10,14H,11-13H2,1H3,(H,21,25). The van der Waals surface area contributed by atoms with E-state index in [2.05, 4.69) is 5.32 Å². The number of likely N-dealkylation sites (tertiary alicyclic amines) is 1. The van der Waals surface area contributed by atoms with E-state index in [0.29, 0.717) is 11.4 Å². The molecule has 3 amide bonds. The number of anilines is 1. The van der Waals surface area contributed by atoms with Crippen LogP contribution in [0.4, 0.5) is 5.69 Å². The molecule has 0 spiro atoms. The highest BCUT2D eigenvalue weighted by atomic mass is 16.5. The number of rotatable bonds is 6. The summed E-state index contributed by atoms with van der Waals surface area (Å²) in [5.74, 6) is 0.0930. The Kier molecular flexibility index (Phi) is 5.31. The zero-order valence-corrected chi connectivity index (χ0v) is 14.5. The highest BCUT2D eigenvalue weighted by Gasteiger charge is 2.28. The fourth-order valence-corrected chi connectivity index (χ4v) is 2.68. The third kappa shape index (κ3) is 4.27. The fourth-order valence-electron chi connectivity index (χ4n) is 2.68. The minimum Gasteiger partial charge on any atom is -0.481 e. The van der Waals surface area contributed by atoms with Gasteiger partial charge in [0.15, 0.2) is 6.10 Å². The number of carbonyl (C=O) groups excluding carboxylic acids is 3. The molecule has 1 N–H and O–H groups in total. The van der Waals surface area contributed by atoms with Crippen molar-refractivity contribution in [2.24, 2.45) is 0 Å². The van der Waals surface area contributed by atoms with Crippen molar-refractivity contribution in [1.82, 2.24) is 4.90 Å². The average Bonchev–Trinajstić information content (AvgIpc) is 2.96. The number of para-hydroxylation sites is 1. The van der Waals surface area contributed by atoms with Crippen molar-refractivity contribution >= 4 is 23.4 Å². The molecule has 1 heterocycles. The Morgan fingerprint density at radius 2 is 1.65 bits per heavy atom. The molecule has 1 unspecified atom stereocenters. The molecule has 6 heteroatoms. The van der Waals surface area contributed by atoms with Gasteiger partial charge in [0.05, 0.1) is 6.54 Å². The van der Waals surface area contributed by atoms with Crippen LogP contribution in [-0.2, 0) is 20.9 Å². The van der Waals surface area contributed by atoms with E-state index in [1.807, 2.05) is 18.2 Å².